The van der Waals surface area contributed by atoms with E-state index in [4.69, 9.17) is 0 Å². The third-order valence-electron chi connectivity index (χ3n) is 4.35. The number of benzene rings is 1. The van der Waals surface area contributed by atoms with Gasteiger partial charge in [-0.25, -0.2) is 13.6 Å². The summed E-state index contributed by atoms with van der Waals surface area (Å²) in [7, 11) is 1.14. The number of carbonyl (C=O) groups is 2. The van der Waals surface area contributed by atoms with Crippen molar-refractivity contribution in [1.29, 1.82) is 0 Å². The summed E-state index contributed by atoms with van der Waals surface area (Å²) in [6.07, 6.45) is 0.957. The highest BCUT2D eigenvalue weighted by molar-refractivity contribution is 5.93. The fourth-order valence-electron chi connectivity index (χ4n) is 2.92. The van der Waals surface area contributed by atoms with Crippen LogP contribution in [-0.4, -0.2) is 37.0 Å². The Bertz CT molecular complexity index is 674. The van der Waals surface area contributed by atoms with Crippen LogP contribution in [0.5, 0.6) is 0 Å². The van der Waals surface area contributed by atoms with E-state index < -0.39 is 17.5 Å². The largest absolute Gasteiger partial charge is 0.465 e. The van der Waals surface area contributed by atoms with Crippen LogP contribution >= 0.6 is 0 Å². The molecule has 4 nitrogen and oxygen atoms in total. The minimum absolute atomic E-state index is 0.0803. The third-order valence-corrected chi connectivity index (χ3v) is 4.35. The van der Waals surface area contributed by atoms with Gasteiger partial charge in [0.15, 0.2) is 5.67 Å². The first-order valence-corrected chi connectivity index (χ1v) is 7.87. The van der Waals surface area contributed by atoms with Crippen molar-refractivity contribution in [2.24, 2.45) is 0 Å². The number of ether oxygens (including phenoxy) is 1. The number of piperidine rings is 1. The number of alkyl halides is 1. The van der Waals surface area contributed by atoms with Crippen LogP contribution in [0.4, 0.5) is 8.78 Å². The third kappa shape index (κ3) is 3.32. The van der Waals surface area contributed by atoms with Crippen LogP contribution in [-0.2, 0) is 15.2 Å². The molecule has 1 aliphatic heterocycles. The fourth-order valence-corrected chi connectivity index (χ4v) is 2.92. The Kier molecular flexibility index (Phi) is 5.36. The predicted molar refractivity (Wildman–Crippen MR) is 85.8 cm³/mol. The van der Waals surface area contributed by atoms with E-state index in [1.54, 1.807) is 6.92 Å². The van der Waals surface area contributed by atoms with E-state index in [2.05, 4.69) is 11.3 Å². The Balaban J connectivity index is 2.35. The van der Waals surface area contributed by atoms with Crippen LogP contribution in [0.2, 0.25) is 0 Å². The van der Waals surface area contributed by atoms with Gasteiger partial charge in [0.25, 0.3) is 0 Å². The number of esters is 1. The number of hydrogen-bond acceptors (Lipinski definition) is 3. The van der Waals surface area contributed by atoms with Crippen LogP contribution in [0.3, 0.4) is 0 Å². The van der Waals surface area contributed by atoms with E-state index >= 15 is 4.39 Å². The summed E-state index contributed by atoms with van der Waals surface area (Å²) >= 11 is 0. The summed E-state index contributed by atoms with van der Waals surface area (Å²) < 4.78 is 34.6. The minimum atomic E-state index is -2.05. The van der Waals surface area contributed by atoms with Gasteiger partial charge in [0.2, 0.25) is 5.91 Å². The van der Waals surface area contributed by atoms with Crippen molar-refractivity contribution in [3.05, 3.63) is 47.3 Å². The highest BCUT2D eigenvalue weighted by atomic mass is 19.1. The quantitative estimate of drug-likeness (QED) is 0.625. The van der Waals surface area contributed by atoms with Gasteiger partial charge in [-0.3, -0.25) is 4.79 Å². The van der Waals surface area contributed by atoms with Crippen molar-refractivity contribution in [2.45, 2.75) is 31.9 Å². The van der Waals surface area contributed by atoms with Crippen LogP contribution in [0.15, 0.2) is 30.4 Å². The molecule has 1 unspecified atom stereocenters. The second-order valence-electron chi connectivity index (χ2n) is 5.91. The zero-order valence-electron chi connectivity index (χ0n) is 13.9. The molecule has 1 fully saturated rings. The molecular weight excluding hydrogens is 316 g/mol. The predicted octanol–water partition coefficient (Wildman–Crippen LogP) is 3.37. The zero-order valence-corrected chi connectivity index (χ0v) is 13.9. The summed E-state index contributed by atoms with van der Waals surface area (Å²) in [5.41, 5.74) is -2.18. The van der Waals surface area contributed by atoms with Gasteiger partial charge in [0.1, 0.15) is 5.82 Å². The van der Waals surface area contributed by atoms with Crippen LogP contribution in [0.1, 0.15) is 42.1 Å². The van der Waals surface area contributed by atoms with Crippen LogP contribution in [0.25, 0.3) is 0 Å². The molecule has 0 radical (unpaired) electrons. The molecular formula is C18H21F2NO3. The van der Waals surface area contributed by atoms with Crippen molar-refractivity contribution in [1.82, 2.24) is 4.90 Å². The van der Waals surface area contributed by atoms with Gasteiger partial charge >= 0.3 is 5.97 Å². The SMILES string of the molecule is C=C(CC)C(=O)N1CCCC(F)(c2cccc(C(=O)OC)c2F)C1. The van der Waals surface area contributed by atoms with E-state index in [9.17, 15) is 14.0 Å². The van der Waals surface area contributed by atoms with Gasteiger partial charge in [-0.1, -0.05) is 25.6 Å². The van der Waals surface area contributed by atoms with Gasteiger partial charge in [-0.2, -0.15) is 0 Å². The van der Waals surface area contributed by atoms with Crippen molar-refractivity contribution in [3.63, 3.8) is 0 Å². The number of halogens is 2. The normalized spacial score (nSPS) is 20.6. The number of hydrogen-bond donors (Lipinski definition) is 0. The smallest absolute Gasteiger partial charge is 0.340 e. The molecule has 0 spiro atoms. The maximum Gasteiger partial charge on any atom is 0.340 e. The summed E-state index contributed by atoms with van der Waals surface area (Å²) in [6.45, 7) is 5.63. The molecule has 0 N–H and O–H groups in total. The van der Waals surface area contributed by atoms with Crippen molar-refractivity contribution in [2.75, 3.05) is 20.2 Å². The Morgan fingerprint density at radius 1 is 1.42 bits per heavy atom. The number of methoxy groups -OCH3 is 1. The number of amides is 1. The molecule has 130 valence electrons. The highest BCUT2D eigenvalue weighted by Crippen LogP contribution is 2.38. The molecule has 1 heterocycles. The minimum Gasteiger partial charge on any atom is -0.465 e. The maximum atomic E-state index is 15.5. The average Bonchev–Trinajstić information content (AvgIpc) is 2.59. The summed E-state index contributed by atoms with van der Waals surface area (Å²) in [4.78, 5) is 25.2. The summed E-state index contributed by atoms with van der Waals surface area (Å²) in [5, 5.41) is 0. The van der Waals surface area contributed by atoms with E-state index in [1.807, 2.05) is 0 Å². The molecule has 24 heavy (non-hydrogen) atoms. The van der Waals surface area contributed by atoms with E-state index in [0.717, 1.165) is 7.11 Å². The Morgan fingerprint density at radius 3 is 2.75 bits per heavy atom. The van der Waals surface area contributed by atoms with Gasteiger partial charge in [0.05, 0.1) is 19.2 Å². The lowest BCUT2D eigenvalue weighted by atomic mass is 9.85. The van der Waals surface area contributed by atoms with Crippen molar-refractivity contribution in [3.8, 4) is 0 Å². The Hall–Kier alpha value is -2.24. The first-order valence-electron chi connectivity index (χ1n) is 7.87. The first kappa shape index (κ1) is 18.1. The standard InChI is InChI=1S/C18H21F2NO3/c1-4-12(2)16(22)21-10-6-9-18(20,11-21)14-8-5-7-13(15(14)19)17(23)24-3/h5,7-8H,2,4,6,9-11H2,1,3H3. The van der Waals surface area contributed by atoms with Gasteiger partial charge in [-0.15, -0.1) is 0 Å². The number of nitrogens with zero attached hydrogens (tertiary/aromatic N) is 1. The second kappa shape index (κ2) is 7.11. The Labute approximate surface area is 140 Å². The molecule has 1 aromatic rings. The molecule has 6 heteroatoms. The summed E-state index contributed by atoms with van der Waals surface area (Å²) in [5.74, 6) is -2.11. The van der Waals surface area contributed by atoms with Crippen molar-refractivity contribution >= 4 is 11.9 Å². The lowest BCUT2D eigenvalue weighted by Crippen LogP contribution is -2.47. The number of carbonyl (C=O) groups excluding carboxylic acids is 2. The molecule has 0 bridgehead atoms. The van der Waals surface area contributed by atoms with E-state index in [-0.39, 0.29) is 30.0 Å². The van der Waals surface area contributed by atoms with Crippen molar-refractivity contribution < 1.29 is 23.1 Å². The van der Waals surface area contributed by atoms with Crippen LogP contribution < -0.4 is 0 Å². The molecule has 1 aromatic carbocycles. The average molecular weight is 337 g/mol. The first-order chi connectivity index (χ1) is 11.3. The molecule has 0 aliphatic carbocycles. The molecule has 2 rings (SSSR count). The summed E-state index contributed by atoms with van der Waals surface area (Å²) in [6, 6.07) is 3.97. The van der Waals surface area contributed by atoms with E-state index in [1.165, 1.54) is 23.1 Å². The topological polar surface area (TPSA) is 46.6 Å². The second-order valence-corrected chi connectivity index (χ2v) is 5.91. The molecule has 1 aliphatic rings. The molecule has 1 saturated heterocycles. The highest BCUT2D eigenvalue weighted by Gasteiger charge is 2.41. The Morgan fingerprint density at radius 2 is 2.12 bits per heavy atom. The lowest BCUT2D eigenvalue weighted by molar-refractivity contribution is -0.131. The number of likely N-dealkylation sites (tertiary alicyclic amines) is 1. The van der Waals surface area contributed by atoms with Gasteiger partial charge in [-0.05, 0) is 25.3 Å². The maximum absolute atomic E-state index is 15.5. The molecule has 0 saturated carbocycles. The van der Waals surface area contributed by atoms with E-state index in [0.29, 0.717) is 25.0 Å². The number of rotatable bonds is 4. The van der Waals surface area contributed by atoms with Crippen LogP contribution in [0, 0.1) is 5.82 Å². The lowest BCUT2D eigenvalue weighted by Gasteiger charge is -2.38. The molecule has 0 aromatic heterocycles. The van der Waals surface area contributed by atoms with Gasteiger partial charge in [0, 0.05) is 17.7 Å². The molecule has 1 atom stereocenters. The monoisotopic (exact) mass is 337 g/mol. The molecule has 1 amide bonds. The zero-order chi connectivity index (χ0) is 17.9. The fraction of sp³-hybridized carbons (Fsp3) is 0.444. The van der Waals surface area contributed by atoms with Gasteiger partial charge < -0.3 is 9.64 Å².